The normalized spacial score (nSPS) is 12.1. The Morgan fingerprint density at radius 2 is 2.36 bits per heavy atom. The summed E-state index contributed by atoms with van der Waals surface area (Å²) in [5, 5.41) is 8.88. The fourth-order valence-corrected chi connectivity index (χ4v) is 1.27. The van der Waals surface area contributed by atoms with Crippen LogP contribution in [0.2, 0.25) is 0 Å². The second-order valence-electron chi connectivity index (χ2n) is 2.97. The van der Waals surface area contributed by atoms with Crippen LogP contribution in [0.15, 0.2) is 36.9 Å². The quantitative estimate of drug-likeness (QED) is 0.748. The first kappa shape index (κ1) is 10.4. The Hall–Kier alpha value is -1.64. The summed E-state index contributed by atoms with van der Waals surface area (Å²) in [5.41, 5.74) is 0.470. The van der Waals surface area contributed by atoms with Gasteiger partial charge in [0.1, 0.15) is 5.82 Å². The molecule has 0 bridgehead atoms. The lowest BCUT2D eigenvalue weighted by Crippen LogP contribution is -2.10. The molecule has 0 radical (unpaired) electrons. The molecule has 0 aliphatic rings. The van der Waals surface area contributed by atoms with Crippen molar-refractivity contribution in [2.75, 3.05) is 0 Å². The number of carbonyl (C=O) groups is 1. The third-order valence-electron chi connectivity index (χ3n) is 1.95. The van der Waals surface area contributed by atoms with Crippen LogP contribution in [-0.4, -0.2) is 11.1 Å². The molecule has 1 rings (SSSR count). The average Bonchev–Trinajstić information content (AvgIpc) is 2.13. The van der Waals surface area contributed by atoms with Crippen molar-refractivity contribution in [3.63, 3.8) is 0 Å². The zero-order chi connectivity index (χ0) is 10.6. The second-order valence-corrected chi connectivity index (χ2v) is 2.97. The van der Waals surface area contributed by atoms with Gasteiger partial charge in [0.2, 0.25) is 0 Å². The van der Waals surface area contributed by atoms with Crippen molar-refractivity contribution in [1.82, 2.24) is 0 Å². The molecule has 0 amide bonds. The Morgan fingerprint density at radius 3 is 2.86 bits per heavy atom. The van der Waals surface area contributed by atoms with E-state index in [1.807, 2.05) is 0 Å². The largest absolute Gasteiger partial charge is 0.481 e. The Balaban J connectivity index is 2.98. The summed E-state index contributed by atoms with van der Waals surface area (Å²) in [5.74, 6) is -2.09. The van der Waals surface area contributed by atoms with Crippen LogP contribution in [0, 0.1) is 5.82 Å². The number of rotatable bonds is 4. The molecular formula is C11H11FO2. The lowest BCUT2D eigenvalue weighted by molar-refractivity contribution is -0.138. The Morgan fingerprint density at radius 1 is 1.64 bits per heavy atom. The van der Waals surface area contributed by atoms with Crippen LogP contribution in [0.25, 0.3) is 0 Å². The fraction of sp³-hybridized carbons (Fsp3) is 0.182. The molecule has 0 aliphatic heterocycles. The minimum absolute atomic E-state index is 0.304. The van der Waals surface area contributed by atoms with E-state index < -0.39 is 17.7 Å². The molecular weight excluding hydrogens is 183 g/mol. The van der Waals surface area contributed by atoms with Crippen molar-refractivity contribution < 1.29 is 14.3 Å². The SMILES string of the molecule is C=CC[C@H](C(=O)O)c1cccc(F)c1. The maximum Gasteiger partial charge on any atom is 0.311 e. The first-order valence-electron chi connectivity index (χ1n) is 4.24. The molecule has 14 heavy (non-hydrogen) atoms. The molecule has 0 spiro atoms. The summed E-state index contributed by atoms with van der Waals surface area (Å²) in [6.45, 7) is 3.47. The number of benzene rings is 1. The second kappa shape index (κ2) is 4.56. The average molecular weight is 194 g/mol. The molecule has 0 saturated heterocycles. The predicted octanol–water partition coefficient (Wildman–Crippen LogP) is 2.57. The van der Waals surface area contributed by atoms with Crippen LogP contribution in [0.1, 0.15) is 17.9 Å². The van der Waals surface area contributed by atoms with E-state index in [1.54, 1.807) is 6.07 Å². The number of halogens is 1. The van der Waals surface area contributed by atoms with Crippen LogP contribution < -0.4 is 0 Å². The van der Waals surface area contributed by atoms with Crippen molar-refractivity contribution in [2.24, 2.45) is 0 Å². The Labute approximate surface area is 81.7 Å². The van der Waals surface area contributed by atoms with Gasteiger partial charge in [0.15, 0.2) is 0 Å². The number of carboxylic acid groups (broad SMARTS) is 1. The van der Waals surface area contributed by atoms with Crippen molar-refractivity contribution >= 4 is 5.97 Å². The highest BCUT2D eigenvalue weighted by Gasteiger charge is 2.18. The molecule has 2 nitrogen and oxygen atoms in total. The van der Waals surface area contributed by atoms with Gasteiger partial charge in [-0.3, -0.25) is 4.79 Å². The molecule has 1 atom stereocenters. The molecule has 0 aromatic heterocycles. The summed E-state index contributed by atoms with van der Waals surface area (Å²) in [7, 11) is 0. The Bertz CT molecular complexity index is 347. The zero-order valence-corrected chi connectivity index (χ0v) is 7.61. The lowest BCUT2D eigenvalue weighted by Gasteiger charge is -2.09. The topological polar surface area (TPSA) is 37.3 Å². The molecule has 74 valence electrons. The predicted molar refractivity (Wildman–Crippen MR) is 51.6 cm³/mol. The molecule has 0 unspecified atom stereocenters. The minimum atomic E-state index is -0.963. The molecule has 0 heterocycles. The summed E-state index contributed by atoms with van der Waals surface area (Å²) in [4.78, 5) is 10.8. The van der Waals surface area contributed by atoms with Gasteiger partial charge in [-0.25, -0.2) is 4.39 Å². The van der Waals surface area contributed by atoms with Crippen molar-refractivity contribution in [2.45, 2.75) is 12.3 Å². The van der Waals surface area contributed by atoms with Gasteiger partial charge in [0, 0.05) is 0 Å². The molecule has 0 saturated carbocycles. The van der Waals surface area contributed by atoms with E-state index in [2.05, 4.69) is 6.58 Å². The number of aliphatic carboxylic acids is 1. The standard InChI is InChI=1S/C11H11FO2/c1-2-4-10(11(13)14)8-5-3-6-9(12)7-8/h2-3,5-7,10H,1,4H2,(H,13,14)/t10-/m0/s1. The molecule has 0 fully saturated rings. The highest BCUT2D eigenvalue weighted by Crippen LogP contribution is 2.20. The lowest BCUT2D eigenvalue weighted by atomic mass is 9.96. The maximum absolute atomic E-state index is 12.8. The van der Waals surface area contributed by atoms with Gasteiger partial charge in [-0.1, -0.05) is 18.2 Å². The smallest absolute Gasteiger partial charge is 0.311 e. The number of carboxylic acids is 1. The van der Waals surface area contributed by atoms with Gasteiger partial charge in [0.05, 0.1) is 5.92 Å². The van der Waals surface area contributed by atoms with E-state index in [-0.39, 0.29) is 0 Å². The third kappa shape index (κ3) is 2.42. The highest BCUT2D eigenvalue weighted by atomic mass is 19.1. The molecule has 3 heteroatoms. The van der Waals surface area contributed by atoms with E-state index in [1.165, 1.54) is 24.3 Å². The Kier molecular flexibility index (Phi) is 3.40. The van der Waals surface area contributed by atoms with Crippen molar-refractivity contribution in [3.8, 4) is 0 Å². The van der Waals surface area contributed by atoms with Gasteiger partial charge >= 0.3 is 5.97 Å². The van der Waals surface area contributed by atoms with Gasteiger partial charge in [-0.05, 0) is 24.1 Å². The fourth-order valence-electron chi connectivity index (χ4n) is 1.27. The third-order valence-corrected chi connectivity index (χ3v) is 1.95. The van der Waals surface area contributed by atoms with E-state index in [4.69, 9.17) is 5.11 Å². The molecule has 1 aromatic rings. The van der Waals surface area contributed by atoms with E-state index in [0.717, 1.165) is 0 Å². The molecule has 1 aromatic carbocycles. The number of hydrogen-bond acceptors (Lipinski definition) is 1. The van der Waals surface area contributed by atoms with Crippen LogP contribution in [-0.2, 0) is 4.79 Å². The van der Waals surface area contributed by atoms with Gasteiger partial charge in [-0.2, -0.15) is 0 Å². The summed E-state index contributed by atoms with van der Waals surface area (Å²) in [6.07, 6.45) is 1.82. The molecule has 0 aliphatic carbocycles. The van der Waals surface area contributed by atoms with Crippen LogP contribution in [0.4, 0.5) is 4.39 Å². The maximum atomic E-state index is 12.8. The van der Waals surface area contributed by atoms with E-state index >= 15 is 0 Å². The van der Waals surface area contributed by atoms with Crippen molar-refractivity contribution in [3.05, 3.63) is 48.3 Å². The van der Waals surface area contributed by atoms with E-state index in [9.17, 15) is 9.18 Å². The van der Waals surface area contributed by atoms with Crippen molar-refractivity contribution in [1.29, 1.82) is 0 Å². The summed E-state index contributed by atoms with van der Waals surface area (Å²) < 4.78 is 12.8. The molecule has 1 N–H and O–H groups in total. The minimum Gasteiger partial charge on any atom is -0.481 e. The van der Waals surface area contributed by atoms with Crippen LogP contribution >= 0.6 is 0 Å². The van der Waals surface area contributed by atoms with Crippen LogP contribution in [0.5, 0.6) is 0 Å². The number of allylic oxidation sites excluding steroid dienone is 1. The summed E-state index contributed by atoms with van der Waals surface area (Å²) >= 11 is 0. The van der Waals surface area contributed by atoms with Gasteiger partial charge in [-0.15, -0.1) is 6.58 Å². The summed E-state index contributed by atoms with van der Waals surface area (Å²) in [6, 6.07) is 5.63. The first-order chi connectivity index (χ1) is 6.65. The first-order valence-corrected chi connectivity index (χ1v) is 4.24. The van der Waals surface area contributed by atoms with E-state index in [0.29, 0.717) is 12.0 Å². The van der Waals surface area contributed by atoms with Crippen LogP contribution in [0.3, 0.4) is 0 Å². The highest BCUT2D eigenvalue weighted by molar-refractivity contribution is 5.76. The monoisotopic (exact) mass is 194 g/mol. The zero-order valence-electron chi connectivity index (χ0n) is 7.61. The van der Waals surface area contributed by atoms with Gasteiger partial charge in [0.25, 0.3) is 0 Å². The number of hydrogen-bond donors (Lipinski definition) is 1. The van der Waals surface area contributed by atoms with Gasteiger partial charge < -0.3 is 5.11 Å².